The van der Waals surface area contributed by atoms with E-state index in [1.165, 1.54) is 12.1 Å². The van der Waals surface area contributed by atoms with Gasteiger partial charge in [0.05, 0.1) is 19.0 Å². The fourth-order valence-corrected chi connectivity index (χ4v) is 4.42. The number of aromatic nitrogens is 3. The third kappa shape index (κ3) is 5.76. The first-order valence-corrected chi connectivity index (χ1v) is 12.5. The summed E-state index contributed by atoms with van der Waals surface area (Å²) < 4.78 is 53.1. The highest BCUT2D eigenvalue weighted by Gasteiger charge is 2.41. The fourth-order valence-electron chi connectivity index (χ4n) is 4.42. The van der Waals surface area contributed by atoms with Gasteiger partial charge in [0.2, 0.25) is 0 Å². The minimum absolute atomic E-state index is 0.179. The van der Waals surface area contributed by atoms with Crippen LogP contribution < -0.4 is 9.47 Å². The molecule has 0 aliphatic rings. The van der Waals surface area contributed by atoms with Gasteiger partial charge in [0, 0.05) is 5.56 Å². The van der Waals surface area contributed by atoms with Crippen LogP contribution in [0.15, 0.2) is 91.1 Å². The molecule has 5 rings (SSSR count). The number of para-hydroxylation sites is 1. The summed E-state index contributed by atoms with van der Waals surface area (Å²) in [5.41, 5.74) is 2.63. The second-order valence-corrected chi connectivity index (χ2v) is 9.16. The number of methoxy groups -OCH3 is 1. The molecule has 0 radical (unpaired) electrons. The van der Waals surface area contributed by atoms with E-state index in [9.17, 15) is 23.1 Å². The lowest BCUT2D eigenvalue weighted by Gasteiger charge is -2.15. The van der Waals surface area contributed by atoms with Gasteiger partial charge in [-0.1, -0.05) is 48.5 Å². The number of hydrogen-bond donors (Lipinski definition) is 1. The van der Waals surface area contributed by atoms with E-state index in [1.807, 2.05) is 43.3 Å². The molecule has 2 aromatic heterocycles. The molecule has 0 aliphatic heterocycles. The molecule has 0 atom stereocenters. The minimum atomic E-state index is -4.95. The number of carboxylic acid groups (broad SMARTS) is 1. The number of halogens is 3. The first-order chi connectivity index (χ1) is 19.7. The Labute approximate surface area is 233 Å². The van der Waals surface area contributed by atoms with Crippen molar-refractivity contribution in [1.82, 2.24) is 14.8 Å². The second-order valence-electron chi connectivity index (χ2n) is 9.16. The molecule has 0 spiro atoms. The summed E-state index contributed by atoms with van der Waals surface area (Å²) in [6.07, 6.45) is -4.29. The van der Waals surface area contributed by atoms with Crippen LogP contribution in [-0.2, 0) is 12.8 Å². The second kappa shape index (κ2) is 11.2. The Balaban J connectivity index is 1.41. The Morgan fingerprint density at radius 1 is 0.951 bits per heavy atom. The number of carboxylic acids is 1. The molecule has 2 heterocycles. The highest BCUT2D eigenvalue weighted by atomic mass is 19.4. The summed E-state index contributed by atoms with van der Waals surface area (Å²) >= 11 is 0. The van der Waals surface area contributed by atoms with Crippen molar-refractivity contribution in [2.45, 2.75) is 19.7 Å². The van der Waals surface area contributed by atoms with Crippen molar-refractivity contribution in [3.05, 3.63) is 114 Å². The van der Waals surface area contributed by atoms with Gasteiger partial charge in [0.15, 0.2) is 11.5 Å². The van der Waals surface area contributed by atoms with Gasteiger partial charge >= 0.3 is 12.1 Å². The van der Waals surface area contributed by atoms with Gasteiger partial charge in [0.25, 0.3) is 0 Å². The van der Waals surface area contributed by atoms with E-state index >= 15 is 0 Å². The van der Waals surface area contributed by atoms with Crippen molar-refractivity contribution in [1.29, 1.82) is 0 Å². The van der Waals surface area contributed by atoms with Gasteiger partial charge in [-0.15, -0.1) is 0 Å². The number of pyridine rings is 1. The maximum Gasteiger partial charge on any atom is 0.434 e. The lowest BCUT2D eigenvalue weighted by molar-refractivity contribution is -0.143. The van der Waals surface area contributed by atoms with Gasteiger partial charge < -0.3 is 14.6 Å². The first kappa shape index (κ1) is 27.4. The summed E-state index contributed by atoms with van der Waals surface area (Å²) in [5.74, 6) is -0.643. The van der Waals surface area contributed by atoms with Gasteiger partial charge in [-0.3, -0.25) is 0 Å². The molecule has 1 N–H and O–H groups in total. The van der Waals surface area contributed by atoms with Crippen molar-refractivity contribution in [2.75, 3.05) is 7.11 Å². The molecule has 0 aliphatic carbocycles. The van der Waals surface area contributed by atoms with Crippen LogP contribution in [-0.4, -0.2) is 33.0 Å². The smallest absolute Gasteiger partial charge is 0.434 e. The number of nitrogens with zero attached hydrogens (tertiary/aromatic N) is 3. The summed E-state index contributed by atoms with van der Waals surface area (Å²) in [5, 5.41) is 12.9. The molecule has 7 nitrogen and oxygen atoms in total. The van der Waals surface area contributed by atoms with Gasteiger partial charge in [-0.2, -0.15) is 18.3 Å². The zero-order valence-electron chi connectivity index (χ0n) is 22.0. The predicted molar refractivity (Wildman–Crippen MR) is 146 cm³/mol. The molecular formula is C31H24F3N3O4. The summed E-state index contributed by atoms with van der Waals surface area (Å²) in [6, 6.07) is 25.4. The van der Waals surface area contributed by atoms with Crippen LogP contribution in [0, 0.1) is 6.92 Å². The highest BCUT2D eigenvalue weighted by molar-refractivity contribution is 5.89. The zero-order chi connectivity index (χ0) is 29.1. The Kier molecular flexibility index (Phi) is 7.47. The Bertz CT molecular complexity index is 1710. The topological polar surface area (TPSA) is 86.5 Å². The normalized spacial score (nSPS) is 11.3. The Morgan fingerprint density at radius 3 is 2.37 bits per heavy atom. The molecule has 208 valence electrons. The average molecular weight is 560 g/mol. The van der Waals surface area contributed by atoms with Gasteiger partial charge in [-0.25, -0.2) is 14.5 Å². The molecule has 5 aromatic rings. The molecular weight excluding hydrogens is 535 g/mol. The van der Waals surface area contributed by atoms with Crippen LogP contribution in [0.1, 0.15) is 27.2 Å². The molecule has 3 aromatic carbocycles. The van der Waals surface area contributed by atoms with Crippen molar-refractivity contribution in [3.63, 3.8) is 0 Å². The molecule has 10 heteroatoms. The van der Waals surface area contributed by atoms with Crippen molar-refractivity contribution < 1.29 is 32.5 Å². The number of carbonyl (C=O) groups is 1. The minimum Gasteiger partial charge on any atom is -0.497 e. The van der Waals surface area contributed by atoms with Crippen LogP contribution in [0.2, 0.25) is 0 Å². The van der Waals surface area contributed by atoms with Crippen LogP contribution >= 0.6 is 0 Å². The van der Waals surface area contributed by atoms with E-state index in [1.54, 1.807) is 37.4 Å². The van der Waals surface area contributed by atoms with E-state index in [4.69, 9.17) is 9.47 Å². The molecule has 0 unspecified atom stereocenters. The zero-order valence-corrected chi connectivity index (χ0v) is 22.0. The fraction of sp³-hybridized carbons (Fsp3) is 0.129. The number of alkyl halides is 3. The maximum absolute atomic E-state index is 13.7. The van der Waals surface area contributed by atoms with Gasteiger partial charge in [-0.05, 0) is 65.6 Å². The monoisotopic (exact) mass is 559 g/mol. The first-order valence-electron chi connectivity index (χ1n) is 12.5. The number of aromatic carboxylic acids is 1. The number of rotatable bonds is 8. The molecule has 0 bridgehead atoms. The summed E-state index contributed by atoms with van der Waals surface area (Å²) in [6.45, 7) is 2.25. The maximum atomic E-state index is 13.7. The number of ether oxygens (including phenoxy) is 2. The molecule has 0 saturated heterocycles. The third-order valence-corrected chi connectivity index (χ3v) is 6.53. The largest absolute Gasteiger partial charge is 0.497 e. The van der Waals surface area contributed by atoms with Crippen LogP contribution in [0.25, 0.3) is 28.2 Å². The van der Waals surface area contributed by atoms with E-state index < -0.39 is 23.4 Å². The average Bonchev–Trinajstić information content (AvgIpc) is 3.44. The summed E-state index contributed by atoms with van der Waals surface area (Å²) in [4.78, 5) is 15.7. The van der Waals surface area contributed by atoms with Crippen LogP contribution in [0.4, 0.5) is 13.2 Å². The molecule has 0 saturated carbocycles. The van der Waals surface area contributed by atoms with Gasteiger partial charge in [0.1, 0.15) is 23.7 Å². The van der Waals surface area contributed by atoms with Crippen molar-refractivity contribution in [3.8, 4) is 39.7 Å². The predicted octanol–water partition coefficient (Wildman–Crippen LogP) is 7.21. The van der Waals surface area contributed by atoms with E-state index in [0.717, 1.165) is 28.0 Å². The Hall–Kier alpha value is -5.12. The number of hydrogen-bond acceptors (Lipinski definition) is 5. The molecule has 41 heavy (non-hydrogen) atoms. The van der Waals surface area contributed by atoms with Crippen molar-refractivity contribution >= 4 is 5.97 Å². The summed E-state index contributed by atoms with van der Waals surface area (Å²) in [7, 11) is 1.62. The number of benzene rings is 3. The molecule has 0 amide bonds. The lowest BCUT2D eigenvalue weighted by atomic mass is 10.00. The molecule has 0 fully saturated rings. The Morgan fingerprint density at radius 2 is 1.68 bits per heavy atom. The quantitative estimate of drug-likeness (QED) is 0.216. The van der Waals surface area contributed by atoms with Crippen molar-refractivity contribution in [2.24, 2.45) is 0 Å². The third-order valence-electron chi connectivity index (χ3n) is 6.53. The van der Waals surface area contributed by atoms with E-state index in [0.29, 0.717) is 27.9 Å². The number of aryl methyl sites for hydroxylation is 1. The SMILES string of the molecule is COc1ccc(-c2ccc(COc3ccccc3-c3cccc(-n4ncc(C(=O)O)c4C(F)(F)F)n3)c(C)c2)cc1. The van der Waals surface area contributed by atoms with Crippen LogP contribution in [0.3, 0.4) is 0 Å². The highest BCUT2D eigenvalue weighted by Crippen LogP contribution is 2.35. The van der Waals surface area contributed by atoms with E-state index in [2.05, 4.69) is 16.1 Å². The lowest BCUT2D eigenvalue weighted by Crippen LogP contribution is -2.18. The van der Waals surface area contributed by atoms with Crippen LogP contribution in [0.5, 0.6) is 11.5 Å². The van der Waals surface area contributed by atoms with E-state index in [-0.39, 0.29) is 12.4 Å². The standard InChI is InChI=1S/C31H24F3N3O4/c1-19-16-21(20-12-14-23(40-2)15-13-20)10-11-22(19)18-41-27-8-4-3-6-24(27)26-7-5-9-28(36-26)37-29(31(32,33)34)25(17-35-37)30(38)39/h3-17H,18H2,1-2H3,(H,38,39).